The summed E-state index contributed by atoms with van der Waals surface area (Å²) in [5.41, 5.74) is 0.418. The minimum atomic E-state index is -0.328. The van der Waals surface area contributed by atoms with Gasteiger partial charge in [-0.05, 0) is 25.7 Å². The van der Waals surface area contributed by atoms with Crippen molar-refractivity contribution in [2.45, 2.75) is 32.2 Å². The molecule has 2 atom stereocenters. The Morgan fingerprint density at radius 1 is 1.65 bits per heavy atom. The molecule has 1 aromatic heterocycles. The van der Waals surface area contributed by atoms with Crippen molar-refractivity contribution in [3.8, 4) is 0 Å². The van der Waals surface area contributed by atoms with Gasteiger partial charge in [-0.2, -0.15) is 0 Å². The number of rotatable bonds is 2. The normalized spacial score (nSPS) is 25.9. The molecule has 0 saturated heterocycles. The van der Waals surface area contributed by atoms with Crippen LogP contribution in [-0.2, 0) is 4.74 Å². The number of carbonyl (C=O) groups excluding carboxylic acids is 1. The van der Waals surface area contributed by atoms with Crippen LogP contribution < -0.4 is 5.32 Å². The molecule has 1 N–H and O–H groups in total. The number of aromatic nitrogens is 2. The van der Waals surface area contributed by atoms with Crippen LogP contribution in [0.25, 0.3) is 0 Å². The third-order valence-corrected chi connectivity index (χ3v) is 3.72. The second-order valence-electron chi connectivity index (χ2n) is 4.72. The van der Waals surface area contributed by atoms with Crippen LogP contribution >= 0.6 is 0 Å². The summed E-state index contributed by atoms with van der Waals surface area (Å²) >= 11 is 0. The van der Waals surface area contributed by atoms with E-state index in [9.17, 15) is 4.79 Å². The van der Waals surface area contributed by atoms with E-state index in [0.29, 0.717) is 24.3 Å². The minimum absolute atomic E-state index is 0.328. The summed E-state index contributed by atoms with van der Waals surface area (Å²) < 4.78 is 7.09. The molecule has 0 spiro atoms. The van der Waals surface area contributed by atoms with Crippen LogP contribution in [0.4, 0.5) is 5.95 Å². The van der Waals surface area contributed by atoms with Gasteiger partial charge in [-0.3, -0.25) is 0 Å². The quantitative estimate of drug-likeness (QED) is 0.794. The lowest BCUT2D eigenvalue weighted by molar-refractivity contribution is 0.0520. The predicted molar refractivity (Wildman–Crippen MR) is 63.1 cm³/mol. The van der Waals surface area contributed by atoms with Crippen molar-refractivity contribution in [3.05, 3.63) is 11.9 Å². The Balaban J connectivity index is 1.89. The van der Waals surface area contributed by atoms with Gasteiger partial charge in [0.25, 0.3) is 0 Å². The lowest BCUT2D eigenvalue weighted by Crippen LogP contribution is -2.28. The van der Waals surface area contributed by atoms with Crippen molar-refractivity contribution in [1.82, 2.24) is 9.55 Å². The molecule has 3 rings (SSSR count). The molecule has 0 amide bonds. The minimum Gasteiger partial charge on any atom is -0.461 e. The summed E-state index contributed by atoms with van der Waals surface area (Å²) in [6, 6.07) is 0.516. The van der Waals surface area contributed by atoms with Crippen LogP contribution in [0, 0.1) is 5.92 Å². The second-order valence-corrected chi connectivity index (χ2v) is 4.72. The van der Waals surface area contributed by atoms with Gasteiger partial charge in [0.2, 0.25) is 5.95 Å². The number of carbonyl (C=O) groups is 1. The molecule has 17 heavy (non-hydrogen) atoms. The van der Waals surface area contributed by atoms with E-state index in [1.54, 1.807) is 6.92 Å². The number of fused-ring (bicyclic) bond motifs is 3. The summed E-state index contributed by atoms with van der Waals surface area (Å²) in [4.78, 5) is 15.9. The Hall–Kier alpha value is -1.52. The van der Waals surface area contributed by atoms with Gasteiger partial charge < -0.3 is 14.6 Å². The molecule has 0 radical (unpaired) electrons. The van der Waals surface area contributed by atoms with Gasteiger partial charge in [0, 0.05) is 18.8 Å². The molecule has 1 aromatic rings. The van der Waals surface area contributed by atoms with Crippen LogP contribution in [0.1, 0.15) is 42.7 Å². The molecule has 2 unspecified atom stereocenters. The van der Waals surface area contributed by atoms with E-state index in [4.69, 9.17) is 4.74 Å². The zero-order valence-corrected chi connectivity index (χ0v) is 9.98. The first kappa shape index (κ1) is 10.6. The van der Waals surface area contributed by atoms with E-state index < -0.39 is 0 Å². The number of esters is 1. The highest BCUT2D eigenvalue weighted by atomic mass is 16.5. The van der Waals surface area contributed by atoms with Gasteiger partial charge in [0.1, 0.15) is 0 Å². The van der Waals surface area contributed by atoms with Gasteiger partial charge in [-0.15, -0.1) is 0 Å². The van der Waals surface area contributed by atoms with Crippen LogP contribution in [0.15, 0.2) is 6.20 Å². The number of ether oxygens (including phenoxy) is 1. The van der Waals surface area contributed by atoms with Crippen molar-refractivity contribution in [2.75, 3.05) is 18.5 Å². The Labute approximate surface area is 100 Å². The van der Waals surface area contributed by atoms with E-state index in [0.717, 1.165) is 12.5 Å². The number of anilines is 1. The van der Waals surface area contributed by atoms with Gasteiger partial charge in [-0.1, -0.05) is 6.42 Å². The first-order chi connectivity index (χ1) is 8.29. The predicted octanol–water partition coefficient (Wildman–Crippen LogP) is 1.83. The van der Waals surface area contributed by atoms with E-state index in [2.05, 4.69) is 14.9 Å². The zero-order chi connectivity index (χ0) is 11.8. The molecule has 2 heterocycles. The summed E-state index contributed by atoms with van der Waals surface area (Å²) in [5, 5.41) is 3.30. The van der Waals surface area contributed by atoms with Crippen molar-refractivity contribution in [2.24, 2.45) is 5.92 Å². The van der Waals surface area contributed by atoms with Gasteiger partial charge in [0.15, 0.2) is 5.69 Å². The maximum absolute atomic E-state index is 11.6. The molecule has 92 valence electrons. The molecule has 0 aromatic carbocycles. The van der Waals surface area contributed by atoms with Crippen molar-refractivity contribution in [3.63, 3.8) is 0 Å². The maximum atomic E-state index is 11.6. The van der Waals surface area contributed by atoms with E-state index in [-0.39, 0.29) is 5.97 Å². The maximum Gasteiger partial charge on any atom is 0.358 e. The lowest BCUT2D eigenvalue weighted by atomic mass is 10.0. The standard InChI is InChI=1S/C12H17N3O2/c1-2-17-11(16)9-7-15-10-5-3-4-8(10)6-13-12(15)14-9/h7-8,10H,2-6H2,1H3,(H,13,14). The smallest absolute Gasteiger partial charge is 0.358 e. The first-order valence-electron chi connectivity index (χ1n) is 6.29. The SMILES string of the molecule is CCOC(=O)c1cn2c(n1)NCC1CCCC12. The average Bonchev–Trinajstić information content (AvgIpc) is 2.94. The fraction of sp³-hybridized carbons (Fsp3) is 0.667. The largest absolute Gasteiger partial charge is 0.461 e. The molecule has 2 aliphatic rings. The van der Waals surface area contributed by atoms with E-state index >= 15 is 0 Å². The second kappa shape index (κ2) is 4.05. The van der Waals surface area contributed by atoms with Gasteiger partial charge in [0.05, 0.1) is 6.61 Å². The number of imidazole rings is 1. The number of hydrogen-bond acceptors (Lipinski definition) is 4. The zero-order valence-electron chi connectivity index (χ0n) is 9.98. The Morgan fingerprint density at radius 2 is 2.53 bits per heavy atom. The Morgan fingerprint density at radius 3 is 3.35 bits per heavy atom. The van der Waals surface area contributed by atoms with Crippen molar-refractivity contribution in [1.29, 1.82) is 0 Å². The summed E-state index contributed by atoms with van der Waals surface area (Å²) in [5.74, 6) is 1.17. The van der Waals surface area contributed by atoms with Crippen LogP contribution in [-0.4, -0.2) is 28.7 Å². The van der Waals surface area contributed by atoms with Gasteiger partial charge in [-0.25, -0.2) is 9.78 Å². The number of hydrogen-bond donors (Lipinski definition) is 1. The van der Waals surface area contributed by atoms with Gasteiger partial charge >= 0.3 is 5.97 Å². The molecule has 1 fully saturated rings. The van der Waals surface area contributed by atoms with E-state index in [1.165, 1.54) is 19.3 Å². The Bertz CT molecular complexity index is 441. The molecular weight excluding hydrogens is 218 g/mol. The highest BCUT2D eigenvalue weighted by molar-refractivity contribution is 5.87. The highest BCUT2D eigenvalue weighted by Crippen LogP contribution is 2.40. The topological polar surface area (TPSA) is 56.2 Å². The Kier molecular flexibility index (Phi) is 2.53. The monoisotopic (exact) mass is 235 g/mol. The molecular formula is C12H17N3O2. The van der Waals surface area contributed by atoms with Crippen LogP contribution in [0.5, 0.6) is 0 Å². The third-order valence-electron chi connectivity index (χ3n) is 3.72. The fourth-order valence-corrected chi connectivity index (χ4v) is 2.92. The van der Waals surface area contributed by atoms with Crippen LogP contribution in [0.3, 0.4) is 0 Å². The lowest BCUT2D eigenvalue weighted by Gasteiger charge is -2.28. The summed E-state index contributed by atoms with van der Waals surface area (Å²) in [7, 11) is 0. The average molecular weight is 235 g/mol. The molecule has 0 bridgehead atoms. The highest BCUT2D eigenvalue weighted by Gasteiger charge is 2.34. The third kappa shape index (κ3) is 1.69. The number of nitrogens with zero attached hydrogens (tertiary/aromatic N) is 2. The molecule has 5 heteroatoms. The first-order valence-corrected chi connectivity index (χ1v) is 6.29. The summed E-state index contributed by atoms with van der Waals surface area (Å²) in [6.07, 6.45) is 5.56. The van der Waals surface area contributed by atoms with Crippen LogP contribution in [0.2, 0.25) is 0 Å². The molecule has 1 saturated carbocycles. The number of nitrogens with one attached hydrogen (secondary N) is 1. The van der Waals surface area contributed by atoms with Crippen molar-refractivity contribution < 1.29 is 9.53 Å². The van der Waals surface area contributed by atoms with Crippen molar-refractivity contribution >= 4 is 11.9 Å². The fourth-order valence-electron chi connectivity index (χ4n) is 2.92. The van der Waals surface area contributed by atoms with E-state index in [1.807, 2.05) is 6.20 Å². The molecule has 1 aliphatic heterocycles. The summed E-state index contributed by atoms with van der Waals surface area (Å²) in [6.45, 7) is 3.17. The molecule has 1 aliphatic carbocycles. The molecule has 5 nitrogen and oxygen atoms in total.